The third-order valence-corrected chi connectivity index (χ3v) is 4.39. The Labute approximate surface area is 111 Å². The minimum absolute atomic E-state index is 0.408. The molecule has 0 bridgehead atoms. The first kappa shape index (κ1) is 11.5. The first-order valence-electron chi connectivity index (χ1n) is 6.33. The van der Waals surface area contributed by atoms with E-state index < -0.39 is 0 Å². The van der Waals surface area contributed by atoms with Crippen LogP contribution >= 0.6 is 11.3 Å². The van der Waals surface area contributed by atoms with E-state index in [2.05, 4.69) is 32.9 Å². The lowest BCUT2D eigenvalue weighted by Gasteiger charge is -2.24. The molecule has 2 heterocycles. The normalized spacial score (nSPS) is 18.3. The van der Waals surface area contributed by atoms with Crippen molar-refractivity contribution in [2.75, 3.05) is 5.32 Å². The fourth-order valence-electron chi connectivity index (χ4n) is 2.53. The van der Waals surface area contributed by atoms with E-state index in [4.69, 9.17) is 0 Å². The second kappa shape index (κ2) is 4.98. The summed E-state index contributed by atoms with van der Waals surface area (Å²) in [6.45, 7) is 4.57. The summed E-state index contributed by atoms with van der Waals surface area (Å²) in [4.78, 5) is 5.92. The molecule has 0 saturated heterocycles. The largest absolute Gasteiger partial charge is 0.349 e. The number of anilines is 1. The van der Waals surface area contributed by atoms with Crippen molar-refractivity contribution in [1.82, 2.24) is 9.55 Å². The van der Waals surface area contributed by atoms with Gasteiger partial charge in [0, 0.05) is 23.8 Å². The predicted octanol–water partition coefficient (Wildman–Crippen LogP) is 3.62. The number of rotatable bonds is 4. The summed E-state index contributed by atoms with van der Waals surface area (Å²) >= 11 is 1.87. The second-order valence-corrected chi connectivity index (χ2v) is 5.58. The molecule has 4 heteroatoms. The minimum atomic E-state index is 0.408. The van der Waals surface area contributed by atoms with Gasteiger partial charge in [-0.25, -0.2) is 4.98 Å². The predicted molar refractivity (Wildman–Crippen MR) is 76.0 cm³/mol. The first-order valence-corrected chi connectivity index (χ1v) is 7.21. The quantitative estimate of drug-likeness (QED) is 0.850. The molecule has 0 amide bonds. The molecule has 1 atom stereocenters. The maximum Gasteiger partial charge on any atom is 0.203 e. The van der Waals surface area contributed by atoms with Crippen molar-refractivity contribution in [2.45, 2.75) is 31.8 Å². The molecule has 2 aromatic rings. The van der Waals surface area contributed by atoms with Crippen LogP contribution in [-0.4, -0.2) is 9.55 Å². The Morgan fingerprint density at radius 3 is 3.44 bits per heavy atom. The molecule has 1 unspecified atom stereocenters. The average Bonchev–Trinajstić information content (AvgIpc) is 3.00. The first-order chi connectivity index (χ1) is 8.88. The molecule has 3 rings (SSSR count). The SMILES string of the molecule is C=CCn1ccnc1NC1CCCc2sccc21. The van der Waals surface area contributed by atoms with E-state index >= 15 is 0 Å². The summed E-state index contributed by atoms with van der Waals surface area (Å²) in [7, 11) is 0. The van der Waals surface area contributed by atoms with E-state index in [1.54, 1.807) is 0 Å². The van der Waals surface area contributed by atoms with Crippen molar-refractivity contribution in [2.24, 2.45) is 0 Å². The van der Waals surface area contributed by atoms with Crippen LogP contribution in [0.3, 0.4) is 0 Å². The van der Waals surface area contributed by atoms with Crippen molar-refractivity contribution >= 4 is 17.3 Å². The molecule has 0 saturated carbocycles. The lowest BCUT2D eigenvalue weighted by molar-refractivity contribution is 0.600. The molecule has 18 heavy (non-hydrogen) atoms. The van der Waals surface area contributed by atoms with Gasteiger partial charge in [-0.3, -0.25) is 0 Å². The van der Waals surface area contributed by atoms with E-state index in [1.807, 2.05) is 29.8 Å². The number of hydrogen-bond donors (Lipinski definition) is 1. The summed E-state index contributed by atoms with van der Waals surface area (Å²) in [6, 6.07) is 2.66. The Morgan fingerprint density at radius 2 is 2.56 bits per heavy atom. The van der Waals surface area contributed by atoms with Crippen LogP contribution in [0.2, 0.25) is 0 Å². The third-order valence-electron chi connectivity index (χ3n) is 3.40. The van der Waals surface area contributed by atoms with Crippen LogP contribution in [0.4, 0.5) is 5.95 Å². The van der Waals surface area contributed by atoms with E-state index in [1.165, 1.54) is 29.7 Å². The van der Waals surface area contributed by atoms with Crippen molar-refractivity contribution in [3.63, 3.8) is 0 Å². The zero-order valence-corrected chi connectivity index (χ0v) is 11.1. The molecular weight excluding hydrogens is 242 g/mol. The lowest BCUT2D eigenvalue weighted by Crippen LogP contribution is -2.18. The highest BCUT2D eigenvalue weighted by molar-refractivity contribution is 7.10. The maximum atomic E-state index is 4.39. The molecule has 0 spiro atoms. The Balaban J connectivity index is 1.81. The van der Waals surface area contributed by atoms with Gasteiger partial charge in [0.2, 0.25) is 5.95 Å². The van der Waals surface area contributed by atoms with E-state index in [0.29, 0.717) is 6.04 Å². The Kier molecular flexibility index (Phi) is 3.19. The number of hydrogen-bond acceptors (Lipinski definition) is 3. The summed E-state index contributed by atoms with van der Waals surface area (Å²) in [5.41, 5.74) is 1.46. The number of aromatic nitrogens is 2. The summed E-state index contributed by atoms with van der Waals surface area (Å²) in [5, 5.41) is 5.76. The fraction of sp³-hybridized carbons (Fsp3) is 0.357. The van der Waals surface area contributed by atoms with E-state index in [9.17, 15) is 0 Å². The zero-order valence-electron chi connectivity index (χ0n) is 10.3. The lowest BCUT2D eigenvalue weighted by atomic mass is 9.94. The van der Waals surface area contributed by atoms with Crippen LogP contribution in [0.15, 0.2) is 36.5 Å². The molecule has 0 aliphatic heterocycles. The van der Waals surface area contributed by atoms with Crippen LogP contribution in [0.25, 0.3) is 0 Å². The Morgan fingerprint density at radius 1 is 1.61 bits per heavy atom. The molecule has 94 valence electrons. The minimum Gasteiger partial charge on any atom is -0.349 e. The molecule has 0 aromatic carbocycles. The Bertz CT molecular complexity index is 541. The second-order valence-electron chi connectivity index (χ2n) is 4.58. The molecule has 0 radical (unpaired) electrons. The summed E-state index contributed by atoms with van der Waals surface area (Å²) in [5.74, 6) is 0.943. The zero-order chi connectivity index (χ0) is 12.4. The van der Waals surface area contributed by atoms with Gasteiger partial charge in [0.1, 0.15) is 0 Å². The number of nitrogens with one attached hydrogen (secondary N) is 1. The van der Waals surface area contributed by atoms with Gasteiger partial charge in [-0.2, -0.15) is 0 Å². The topological polar surface area (TPSA) is 29.9 Å². The molecule has 0 fully saturated rings. The number of imidazole rings is 1. The van der Waals surface area contributed by atoms with Crippen LogP contribution < -0.4 is 5.32 Å². The summed E-state index contributed by atoms with van der Waals surface area (Å²) < 4.78 is 2.09. The number of nitrogens with zero attached hydrogens (tertiary/aromatic N) is 2. The van der Waals surface area contributed by atoms with Crippen molar-refractivity contribution < 1.29 is 0 Å². The number of thiophene rings is 1. The molecule has 2 aromatic heterocycles. The highest BCUT2D eigenvalue weighted by Crippen LogP contribution is 2.35. The molecule has 1 aliphatic rings. The van der Waals surface area contributed by atoms with Gasteiger partial charge in [0.15, 0.2) is 0 Å². The summed E-state index contributed by atoms with van der Waals surface area (Å²) in [6.07, 6.45) is 9.39. The standard InChI is InChI=1S/C14H17N3S/c1-2-8-17-9-7-15-14(17)16-12-4-3-5-13-11(12)6-10-18-13/h2,6-7,9-10,12H,1,3-5,8H2,(H,15,16). The fourth-order valence-corrected chi connectivity index (χ4v) is 3.52. The van der Waals surface area contributed by atoms with Crippen LogP contribution in [0.5, 0.6) is 0 Å². The van der Waals surface area contributed by atoms with Crippen molar-refractivity contribution in [3.05, 3.63) is 46.9 Å². The van der Waals surface area contributed by atoms with Crippen molar-refractivity contribution in [1.29, 1.82) is 0 Å². The van der Waals surface area contributed by atoms with E-state index in [-0.39, 0.29) is 0 Å². The van der Waals surface area contributed by atoms with Gasteiger partial charge in [-0.05, 0) is 36.3 Å². The van der Waals surface area contributed by atoms with Gasteiger partial charge in [-0.15, -0.1) is 17.9 Å². The molecular formula is C14H17N3S. The van der Waals surface area contributed by atoms with Crippen LogP contribution in [0, 0.1) is 0 Å². The highest BCUT2D eigenvalue weighted by atomic mass is 32.1. The monoisotopic (exact) mass is 259 g/mol. The molecule has 1 N–H and O–H groups in total. The molecule has 3 nitrogen and oxygen atoms in total. The van der Waals surface area contributed by atoms with E-state index in [0.717, 1.165) is 12.5 Å². The van der Waals surface area contributed by atoms with Gasteiger partial charge in [0.05, 0.1) is 6.04 Å². The van der Waals surface area contributed by atoms with Gasteiger partial charge < -0.3 is 9.88 Å². The number of allylic oxidation sites excluding steroid dienone is 1. The number of aryl methyl sites for hydroxylation is 1. The van der Waals surface area contributed by atoms with Gasteiger partial charge >= 0.3 is 0 Å². The number of fused-ring (bicyclic) bond motifs is 1. The maximum absolute atomic E-state index is 4.39. The average molecular weight is 259 g/mol. The Hall–Kier alpha value is -1.55. The smallest absolute Gasteiger partial charge is 0.203 e. The van der Waals surface area contributed by atoms with Crippen molar-refractivity contribution in [3.8, 4) is 0 Å². The van der Waals surface area contributed by atoms with Crippen LogP contribution in [0.1, 0.15) is 29.3 Å². The van der Waals surface area contributed by atoms with Gasteiger partial charge in [-0.1, -0.05) is 6.08 Å². The molecule has 1 aliphatic carbocycles. The van der Waals surface area contributed by atoms with Gasteiger partial charge in [0.25, 0.3) is 0 Å². The van der Waals surface area contributed by atoms with Crippen LogP contribution in [-0.2, 0) is 13.0 Å². The highest BCUT2D eigenvalue weighted by Gasteiger charge is 2.21. The third kappa shape index (κ3) is 2.08.